The first-order chi connectivity index (χ1) is 7.22. The zero-order valence-electron chi connectivity index (χ0n) is 9.24. The second kappa shape index (κ2) is 5.20. The highest BCUT2D eigenvalue weighted by Crippen LogP contribution is 2.22. The summed E-state index contributed by atoms with van der Waals surface area (Å²) in [5.74, 6) is 3.84. The van der Waals surface area contributed by atoms with Crippen molar-refractivity contribution in [2.24, 2.45) is 0 Å². The van der Waals surface area contributed by atoms with Gasteiger partial charge in [0, 0.05) is 7.05 Å². The fraction of sp³-hybridized carbons (Fsp3) is 0.455. The summed E-state index contributed by atoms with van der Waals surface area (Å²) in [4.78, 5) is 8.19. The second-order valence-corrected chi connectivity index (χ2v) is 3.04. The predicted molar refractivity (Wildman–Crippen MR) is 59.9 cm³/mol. The molecule has 0 saturated heterocycles. The number of nitrogens with one attached hydrogen (secondary N) is 1. The standard InChI is InChI=1S/C11H15N3O/c1-5-8(3)15-11-9(6-2)10(12-4)13-7-14-11/h1,7-8H,6H2,2-4H3,(H,12,13,14). The molecular formula is C11H15N3O. The highest BCUT2D eigenvalue weighted by Gasteiger charge is 2.11. The quantitative estimate of drug-likeness (QED) is 0.756. The molecule has 1 unspecified atom stereocenters. The van der Waals surface area contributed by atoms with E-state index in [1.807, 2.05) is 14.0 Å². The predicted octanol–water partition coefficient (Wildman–Crippen LogP) is 1.48. The van der Waals surface area contributed by atoms with Gasteiger partial charge in [-0.2, -0.15) is 0 Å². The maximum absolute atomic E-state index is 5.50. The van der Waals surface area contributed by atoms with E-state index < -0.39 is 0 Å². The number of rotatable bonds is 4. The van der Waals surface area contributed by atoms with Gasteiger partial charge in [-0.3, -0.25) is 0 Å². The van der Waals surface area contributed by atoms with Gasteiger partial charge in [0.1, 0.15) is 12.1 Å². The molecule has 15 heavy (non-hydrogen) atoms. The van der Waals surface area contributed by atoms with Crippen molar-refractivity contribution < 1.29 is 4.74 Å². The van der Waals surface area contributed by atoms with E-state index in [2.05, 4.69) is 21.2 Å². The Morgan fingerprint density at radius 3 is 2.87 bits per heavy atom. The third kappa shape index (κ3) is 2.59. The van der Waals surface area contributed by atoms with E-state index in [1.165, 1.54) is 6.33 Å². The van der Waals surface area contributed by atoms with Gasteiger partial charge in [0.2, 0.25) is 5.88 Å². The summed E-state index contributed by atoms with van der Waals surface area (Å²) in [6, 6.07) is 0. The Labute approximate surface area is 90.1 Å². The number of ether oxygens (including phenoxy) is 1. The summed E-state index contributed by atoms with van der Waals surface area (Å²) < 4.78 is 5.50. The van der Waals surface area contributed by atoms with Crippen LogP contribution in [0.5, 0.6) is 5.88 Å². The zero-order chi connectivity index (χ0) is 11.3. The molecule has 0 bridgehead atoms. The second-order valence-electron chi connectivity index (χ2n) is 3.04. The van der Waals surface area contributed by atoms with Crippen LogP contribution < -0.4 is 10.1 Å². The molecule has 0 aliphatic heterocycles. The molecule has 1 aromatic heterocycles. The Bertz CT molecular complexity index is 371. The van der Waals surface area contributed by atoms with E-state index in [1.54, 1.807) is 6.92 Å². The summed E-state index contributed by atoms with van der Waals surface area (Å²) >= 11 is 0. The van der Waals surface area contributed by atoms with Crippen LogP contribution in [-0.2, 0) is 6.42 Å². The summed E-state index contributed by atoms with van der Waals surface area (Å²) in [5.41, 5.74) is 0.946. The lowest BCUT2D eigenvalue weighted by molar-refractivity contribution is 0.264. The van der Waals surface area contributed by atoms with Gasteiger partial charge in [-0.15, -0.1) is 6.42 Å². The molecule has 0 radical (unpaired) electrons. The number of anilines is 1. The number of hydrogen-bond donors (Lipinski definition) is 1. The largest absolute Gasteiger partial charge is 0.461 e. The Morgan fingerprint density at radius 2 is 2.33 bits per heavy atom. The van der Waals surface area contributed by atoms with Crippen molar-refractivity contribution in [3.63, 3.8) is 0 Å². The van der Waals surface area contributed by atoms with E-state index in [9.17, 15) is 0 Å². The Morgan fingerprint density at radius 1 is 1.60 bits per heavy atom. The summed E-state index contributed by atoms with van der Waals surface area (Å²) in [5, 5.41) is 3.00. The van der Waals surface area contributed by atoms with Crippen molar-refractivity contribution in [1.82, 2.24) is 9.97 Å². The Balaban J connectivity index is 3.02. The average molecular weight is 205 g/mol. The van der Waals surface area contributed by atoms with Crippen molar-refractivity contribution in [3.8, 4) is 18.2 Å². The van der Waals surface area contributed by atoms with Crippen molar-refractivity contribution in [2.75, 3.05) is 12.4 Å². The van der Waals surface area contributed by atoms with E-state index >= 15 is 0 Å². The van der Waals surface area contributed by atoms with Crippen molar-refractivity contribution in [3.05, 3.63) is 11.9 Å². The third-order valence-electron chi connectivity index (χ3n) is 2.02. The van der Waals surface area contributed by atoms with Crippen molar-refractivity contribution in [1.29, 1.82) is 0 Å². The van der Waals surface area contributed by atoms with Gasteiger partial charge >= 0.3 is 0 Å². The molecule has 1 rings (SSSR count). The monoisotopic (exact) mass is 205 g/mol. The molecular weight excluding hydrogens is 190 g/mol. The highest BCUT2D eigenvalue weighted by atomic mass is 16.5. The van der Waals surface area contributed by atoms with Gasteiger partial charge in [-0.25, -0.2) is 9.97 Å². The molecule has 0 aliphatic rings. The molecule has 80 valence electrons. The minimum Gasteiger partial charge on any atom is -0.461 e. The molecule has 0 spiro atoms. The van der Waals surface area contributed by atoms with Gasteiger partial charge in [0.05, 0.1) is 5.56 Å². The maximum atomic E-state index is 5.50. The van der Waals surface area contributed by atoms with Crippen LogP contribution >= 0.6 is 0 Å². The van der Waals surface area contributed by atoms with Crippen LogP contribution in [0, 0.1) is 12.3 Å². The fourth-order valence-electron chi connectivity index (χ4n) is 1.23. The summed E-state index contributed by atoms with van der Waals surface area (Å²) in [6.45, 7) is 3.83. The molecule has 1 heterocycles. The SMILES string of the molecule is C#CC(C)Oc1ncnc(NC)c1CC. The van der Waals surface area contributed by atoms with Gasteiger partial charge < -0.3 is 10.1 Å². The van der Waals surface area contributed by atoms with Crippen molar-refractivity contribution in [2.45, 2.75) is 26.4 Å². The molecule has 4 nitrogen and oxygen atoms in total. The smallest absolute Gasteiger partial charge is 0.223 e. The fourth-order valence-corrected chi connectivity index (χ4v) is 1.23. The molecule has 0 aromatic carbocycles. The van der Waals surface area contributed by atoms with Crippen LogP contribution in [0.4, 0.5) is 5.82 Å². The van der Waals surface area contributed by atoms with Crippen LogP contribution in [-0.4, -0.2) is 23.1 Å². The van der Waals surface area contributed by atoms with Crippen molar-refractivity contribution >= 4 is 5.82 Å². The van der Waals surface area contributed by atoms with Crippen LogP contribution in [0.2, 0.25) is 0 Å². The molecule has 1 N–H and O–H groups in total. The van der Waals surface area contributed by atoms with Crippen LogP contribution in [0.25, 0.3) is 0 Å². The molecule has 0 aliphatic carbocycles. The van der Waals surface area contributed by atoms with Gasteiger partial charge in [-0.1, -0.05) is 12.8 Å². The number of terminal acetylenes is 1. The molecule has 1 aromatic rings. The van der Waals surface area contributed by atoms with Crippen LogP contribution in [0.15, 0.2) is 6.33 Å². The third-order valence-corrected chi connectivity index (χ3v) is 2.02. The molecule has 0 saturated carbocycles. The lowest BCUT2D eigenvalue weighted by atomic mass is 10.2. The first-order valence-corrected chi connectivity index (χ1v) is 4.87. The average Bonchev–Trinajstić information content (AvgIpc) is 2.28. The number of nitrogens with zero attached hydrogens (tertiary/aromatic N) is 2. The first kappa shape index (κ1) is 11.3. The summed E-state index contributed by atoms with van der Waals surface area (Å²) in [6.07, 6.45) is 7.22. The number of hydrogen-bond acceptors (Lipinski definition) is 4. The Hall–Kier alpha value is -1.76. The van der Waals surface area contributed by atoms with Crippen LogP contribution in [0.3, 0.4) is 0 Å². The van der Waals surface area contributed by atoms with Gasteiger partial charge in [-0.05, 0) is 13.3 Å². The minimum absolute atomic E-state index is 0.282. The van der Waals surface area contributed by atoms with Gasteiger partial charge in [0.25, 0.3) is 0 Å². The maximum Gasteiger partial charge on any atom is 0.223 e. The first-order valence-electron chi connectivity index (χ1n) is 4.87. The van der Waals surface area contributed by atoms with Gasteiger partial charge in [0.15, 0.2) is 6.10 Å². The molecule has 0 amide bonds. The normalized spacial score (nSPS) is 11.6. The topological polar surface area (TPSA) is 47.0 Å². The zero-order valence-corrected chi connectivity index (χ0v) is 9.24. The lowest BCUT2D eigenvalue weighted by Crippen LogP contribution is -2.12. The molecule has 0 fully saturated rings. The van der Waals surface area contributed by atoms with E-state index in [0.717, 1.165) is 17.8 Å². The van der Waals surface area contributed by atoms with Crippen LogP contribution in [0.1, 0.15) is 19.4 Å². The highest BCUT2D eigenvalue weighted by molar-refractivity contribution is 5.48. The van der Waals surface area contributed by atoms with E-state index in [0.29, 0.717) is 5.88 Å². The molecule has 1 atom stereocenters. The number of aromatic nitrogens is 2. The summed E-state index contributed by atoms with van der Waals surface area (Å²) in [7, 11) is 1.82. The van der Waals surface area contributed by atoms with E-state index in [-0.39, 0.29) is 6.10 Å². The Kier molecular flexibility index (Phi) is 3.92. The van der Waals surface area contributed by atoms with E-state index in [4.69, 9.17) is 11.2 Å². The lowest BCUT2D eigenvalue weighted by Gasteiger charge is -2.13. The molecule has 4 heteroatoms. The minimum atomic E-state index is -0.282.